The predicted molar refractivity (Wildman–Crippen MR) is 124 cm³/mol. The number of aromatic nitrogens is 1. The van der Waals surface area contributed by atoms with Crippen molar-refractivity contribution < 1.29 is 14.1 Å². The molecule has 0 bridgehead atoms. The number of carbonyl (C=O) groups excluding carboxylic acids is 1. The van der Waals surface area contributed by atoms with E-state index in [1.807, 2.05) is 31.2 Å². The third kappa shape index (κ3) is 4.64. The van der Waals surface area contributed by atoms with Gasteiger partial charge in [0.05, 0.1) is 12.0 Å². The first-order chi connectivity index (χ1) is 15.6. The van der Waals surface area contributed by atoms with Gasteiger partial charge in [-0.3, -0.25) is 4.79 Å². The molecule has 0 aliphatic heterocycles. The lowest BCUT2D eigenvalue weighted by Crippen LogP contribution is -2.13. The number of halogens is 1. The van der Waals surface area contributed by atoms with E-state index in [1.165, 1.54) is 6.08 Å². The largest absolute Gasteiger partial charge is 0.494 e. The monoisotopic (exact) mass is 443 g/mol. The van der Waals surface area contributed by atoms with Crippen LogP contribution < -0.4 is 10.1 Å². The number of carbonyl (C=O) groups is 1. The molecule has 0 atom stereocenters. The summed E-state index contributed by atoms with van der Waals surface area (Å²) in [5.74, 6) is 0.796. The third-order valence-electron chi connectivity index (χ3n) is 4.71. The molecule has 0 spiro atoms. The molecule has 1 heterocycles. The van der Waals surface area contributed by atoms with Gasteiger partial charge in [-0.1, -0.05) is 22.8 Å². The van der Waals surface area contributed by atoms with E-state index in [1.54, 1.807) is 48.5 Å². The Balaban J connectivity index is 1.60. The van der Waals surface area contributed by atoms with Gasteiger partial charge in [0.1, 0.15) is 22.9 Å². The Bertz CT molecular complexity index is 1330. The zero-order valence-corrected chi connectivity index (χ0v) is 17.9. The second-order valence-electron chi connectivity index (χ2n) is 6.88. The zero-order valence-electron chi connectivity index (χ0n) is 17.1. The Morgan fingerprint density at radius 2 is 1.91 bits per heavy atom. The van der Waals surface area contributed by atoms with Gasteiger partial charge in [-0.2, -0.15) is 5.26 Å². The van der Waals surface area contributed by atoms with Gasteiger partial charge in [0.2, 0.25) is 0 Å². The van der Waals surface area contributed by atoms with Crippen molar-refractivity contribution >= 4 is 40.2 Å². The number of fused-ring (bicyclic) bond motifs is 1. The molecule has 4 aromatic rings. The zero-order chi connectivity index (χ0) is 22.5. The quantitative estimate of drug-likeness (QED) is 0.287. The predicted octanol–water partition coefficient (Wildman–Crippen LogP) is 6.09. The first-order valence-corrected chi connectivity index (χ1v) is 10.3. The SMILES string of the molecule is CCOc1ccc(NC(=O)/C(C#N)=C/c2ccc3noc(-c4ccc(Cl)cc4)c3c2)cc1. The highest BCUT2D eigenvalue weighted by molar-refractivity contribution is 6.30. The van der Waals surface area contributed by atoms with Gasteiger partial charge in [-0.05, 0) is 79.2 Å². The lowest BCUT2D eigenvalue weighted by atomic mass is 10.0. The Hall–Kier alpha value is -4.08. The topological polar surface area (TPSA) is 88.1 Å². The molecule has 1 N–H and O–H groups in total. The molecule has 4 rings (SSSR count). The van der Waals surface area contributed by atoms with Crippen LogP contribution >= 0.6 is 11.6 Å². The molecule has 32 heavy (non-hydrogen) atoms. The van der Waals surface area contributed by atoms with Gasteiger partial charge < -0.3 is 14.6 Å². The second-order valence-corrected chi connectivity index (χ2v) is 7.31. The van der Waals surface area contributed by atoms with Crippen LogP contribution in [0.15, 0.2) is 76.8 Å². The Morgan fingerprint density at radius 1 is 1.16 bits per heavy atom. The van der Waals surface area contributed by atoms with Crippen molar-refractivity contribution in [3.05, 3.63) is 82.9 Å². The molecule has 1 amide bonds. The molecule has 0 unspecified atom stereocenters. The number of nitrogens with one attached hydrogen (secondary N) is 1. The maximum absolute atomic E-state index is 12.6. The van der Waals surface area contributed by atoms with Crippen LogP contribution in [0.25, 0.3) is 28.3 Å². The number of anilines is 1. The van der Waals surface area contributed by atoms with Crippen LogP contribution in [0, 0.1) is 11.3 Å². The van der Waals surface area contributed by atoms with Gasteiger partial charge in [0, 0.05) is 16.3 Å². The highest BCUT2D eigenvalue weighted by Gasteiger charge is 2.13. The highest BCUT2D eigenvalue weighted by Crippen LogP contribution is 2.30. The summed E-state index contributed by atoms with van der Waals surface area (Å²) < 4.78 is 10.9. The first-order valence-electron chi connectivity index (χ1n) is 9.89. The first kappa shape index (κ1) is 21.2. The molecule has 3 aromatic carbocycles. The van der Waals surface area contributed by atoms with Crippen molar-refractivity contribution in [3.63, 3.8) is 0 Å². The van der Waals surface area contributed by atoms with E-state index in [2.05, 4.69) is 10.5 Å². The average molecular weight is 444 g/mol. The number of nitrogens with zero attached hydrogens (tertiary/aromatic N) is 2. The van der Waals surface area contributed by atoms with Gasteiger partial charge in [-0.15, -0.1) is 0 Å². The van der Waals surface area contributed by atoms with Crippen molar-refractivity contribution in [1.29, 1.82) is 5.26 Å². The summed E-state index contributed by atoms with van der Waals surface area (Å²) in [5, 5.41) is 17.7. The third-order valence-corrected chi connectivity index (χ3v) is 4.96. The van der Waals surface area contributed by atoms with E-state index in [0.717, 1.165) is 10.9 Å². The second kappa shape index (κ2) is 9.38. The van der Waals surface area contributed by atoms with E-state index in [-0.39, 0.29) is 5.57 Å². The summed E-state index contributed by atoms with van der Waals surface area (Å²) >= 11 is 5.97. The number of amides is 1. The summed E-state index contributed by atoms with van der Waals surface area (Å²) in [4.78, 5) is 12.6. The van der Waals surface area contributed by atoms with E-state index in [9.17, 15) is 10.1 Å². The van der Waals surface area contributed by atoms with Crippen LogP contribution in [0.1, 0.15) is 12.5 Å². The van der Waals surface area contributed by atoms with Crippen molar-refractivity contribution in [1.82, 2.24) is 5.16 Å². The van der Waals surface area contributed by atoms with Crippen LogP contribution in [-0.2, 0) is 4.79 Å². The molecule has 0 aliphatic carbocycles. The summed E-state index contributed by atoms with van der Waals surface area (Å²) in [6, 6.07) is 21.5. The average Bonchev–Trinajstić information content (AvgIpc) is 3.22. The number of hydrogen-bond donors (Lipinski definition) is 1. The molecular formula is C25H18ClN3O3. The summed E-state index contributed by atoms with van der Waals surface area (Å²) in [7, 11) is 0. The standard InChI is InChI=1S/C25H18ClN3O3/c1-2-31-21-10-8-20(9-11-21)28-25(30)18(15-27)13-16-3-12-23-22(14-16)24(32-29-23)17-4-6-19(26)7-5-17/h3-14H,2H2,1H3,(H,28,30)/b18-13+. The fourth-order valence-electron chi connectivity index (χ4n) is 3.17. The normalized spacial score (nSPS) is 11.2. The van der Waals surface area contributed by atoms with E-state index >= 15 is 0 Å². The minimum absolute atomic E-state index is 0.0252. The highest BCUT2D eigenvalue weighted by atomic mass is 35.5. The van der Waals surface area contributed by atoms with Crippen LogP contribution in [0.5, 0.6) is 5.75 Å². The van der Waals surface area contributed by atoms with Gasteiger partial charge in [0.15, 0.2) is 5.76 Å². The molecular weight excluding hydrogens is 426 g/mol. The van der Waals surface area contributed by atoms with Crippen molar-refractivity contribution in [2.24, 2.45) is 0 Å². The number of ether oxygens (including phenoxy) is 1. The lowest BCUT2D eigenvalue weighted by Gasteiger charge is -2.06. The van der Waals surface area contributed by atoms with Crippen LogP contribution in [0.2, 0.25) is 5.02 Å². The Morgan fingerprint density at radius 3 is 2.59 bits per heavy atom. The maximum Gasteiger partial charge on any atom is 0.266 e. The number of benzene rings is 3. The molecule has 0 radical (unpaired) electrons. The lowest BCUT2D eigenvalue weighted by molar-refractivity contribution is -0.112. The molecule has 7 heteroatoms. The molecule has 6 nitrogen and oxygen atoms in total. The molecule has 158 valence electrons. The van der Waals surface area contributed by atoms with Gasteiger partial charge >= 0.3 is 0 Å². The Kier molecular flexibility index (Phi) is 6.20. The molecule has 0 aliphatic rings. The fourth-order valence-corrected chi connectivity index (χ4v) is 3.30. The number of nitriles is 1. The van der Waals surface area contributed by atoms with Crippen LogP contribution in [0.3, 0.4) is 0 Å². The fraction of sp³-hybridized carbons (Fsp3) is 0.0800. The van der Waals surface area contributed by atoms with Crippen LogP contribution in [0.4, 0.5) is 5.69 Å². The van der Waals surface area contributed by atoms with Crippen molar-refractivity contribution in [2.75, 3.05) is 11.9 Å². The smallest absolute Gasteiger partial charge is 0.266 e. The van der Waals surface area contributed by atoms with Crippen molar-refractivity contribution in [3.8, 4) is 23.1 Å². The van der Waals surface area contributed by atoms with Gasteiger partial charge in [0.25, 0.3) is 5.91 Å². The molecule has 0 saturated carbocycles. The molecule has 0 saturated heterocycles. The van der Waals surface area contributed by atoms with E-state index in [4.69, 9.17) is 20.9 Å². The summed E-state index contributed by atoms with van der Waals surface area (Å²) in [6.07, 6.45) is 1.53. The maximum atomic E-state index is 12.6. The Labute approximate surface area is 189 Å². The van der Waals surface area contributed by atoms with E-state index in [0.29, 0.717) is 39.9 Å². The minimum atomic E-state index is -0.500. The number of hydrogen-bond acceptors (Lipinski definition) is 5. The minimum Gasteiger partial charge on any atom is -0.494 e. The summed E-state index contributed by atoms with van der Waals surface area (Å²) in [6.45, 7) is 2.46. The molecule has 0 fully saturated rings. The molecule has 1 aromatic heterocycles. The van der Waals surface area contributed by atoms with Gasteiger partial charge in [-0.25, -0.2) is 0 Å². The van der Waals surface area contributed by atoms with Crippen molar-refractivity contribution in [2.45, 2.75) is 6.92 Å². The number of rotatable bonds is 6. The van der Waals surface area contributed by atoms with E-state index < -0.39 is 5.91 Å². The summed E-state index contributed by atoms with van der Waals surface area (Å²) in [5.41, 5.74) is 2.72. The van der Waals surface area contributed by atoms with Crippen LogP contribution in [-0.4, -0.2) is 17.7 Å².